The van der Waals surface area contributed by atoms with Gasteiger partial charge in [-0.15, -0.1) is 0 Å². The fourth-order valence-corrected chi connectivity index (χ4v) is 2.82. The molecule has 2 aliphatic rings. The zero-order chi connectivity index (χ0) is 14.3. The number of nitrogens with two attached hydrogens (primary N) is 1. The minimum atomic E-state index is 0.206. The summed E-state index contributed by atoms with van der Waals surface area (Å²) in [6, 6.07) is 9.33. The molecule has 3 heteroatoms. The molecule has 108 valence electrons. The van der Waals surface area contributed by atoms with E-state index in [9.17, 15) is 0 Å². The topological polar surface area (TPSA) is 41.6 Å². The van der Waals surface area contributed by atoms with Crippen LogP contribution >= 0.6 is 0 Å². The third-order valence-corrected chi connectivity index (χ3v) is 4.41. The minimum Gasteiger partial charge on any atom is -0.370 e. The highest BCUT2D eigenvalue weighted by molar-refractivity contribution is 5.80. The molecule has 0 spiro atoms. The summed E-state index contributed by atoms with van der Waals surface area (Å²) in [6.07, 6.45) is 2.69. The molecule has 0 amide bonds. The van der Waals surface area contributed by atoms with Crippen molar-refractivity contribution >= 4 is 5.96 Å². The fraction of sp³-hybridized carbons (Fsp3) is 0.588. The molecule has 1 atom stereocenters. The van der Waals surface area contributed by atoms with Crippen molar-refractivity contribution in [3.8, 4) is 0 Å². The van der Waals surface area contributed by atoms with Crippen LogP contribution in [-0.4, -0.2) is 23.9 Å². The van der Waals surface area contributed by atoms with Crippen LogP contribution in [0.3, 0.4) is 0 Å². The Labute approximate surface area is 121 Å². The van der Waals surface area contributed by atoms with Gasteiger partial charge in [0.05, 0.1) is 12.6 Å². The highest BCUT2D eigenvalue weighted by Crippen LogP contribution is 2.35. The average Bonchev–Trinajstić information content (AvgIpc) is 3.14. The van der Waals surface area contributed by atoms with Gasteiger partial charge < -0.3 is 10.6 Å². The zero-order valence-corrected chi connectivity index (χ0v) is 12.8. The van der Waals surface area contributed by atoms with E-state index >= 15 is 0 Å². The van der Waals surface area contributed by atoms with Gasteiger partial charge in [-0.25, -0.2) is 0 Å². The Morgan fingerprint density at radius 2 is 1.85 bits per heavy atom. The van der Waals surface area contributed by atoms with Gasteiger partial charge >= 0.3 is 0 Å². The molecule has 2 N–H and O–H groups in total. The lowest BCUT2D eigenvalue weighted by Gasteiger charge is -2.27. The summed E-state index contributed by atoms with van der Waals surface area (Å²) < 4.78 is 0. The summed E-state index contributed by atoms with van der Waals surface area (Å²) in [7, 11) is 0. The molecule has 3 nitrogen and oxygen atoms in total. The maximum Gasteiger partial charge on any atom is 0.191 e. The minimum absolute atomic E-state index is 0.206. The molecular formula is C17H25N3. The van der Waals surface area contributed by atoms with E-state index < -0.39 is 0 Å². The van der Waals surface area contributed by atoms with Crippen molar-refractivity contribution in [2.24, 2.45) is 16.6 Å². The highest BCUT2D eigenvalue weighted by Gasteiger charge is 2.33. The smallest absolute Gasteiger partial charge is 0.191 e. The number of benzene rings is 1. The van der Waals surface area contributed by atoms with E-state index in [-0.39, 0.29) is 5.41 Å². The first-order valence-electron chi connectivity index (χ1n) is 7.62. The summed E-state index contributed by atoms with van der Waals surface area (Å²) in [5.41, 5.74) is 8.98. The molecule has 1 fully saturated rings. The maximum absolute atomic E-state index is 6.06. The summed E-state index contributed by atoms with van der Waals surface area (Å²) in [5, 5.41) is 0. The van der Waals surface area contributed by atoms with E-state index in [1.54, 1.807) is 0 Å². The number of rotatable bonds is 3. The van der Waals surface area contributed by atoms with Crippen molar-refractivity contribution < 1.29 is 0 Å². The van der Waals surface area contributed by atoms with Gasteiger partial charge in [0.15, 0.2) is 5.96 Å². The van der Waals surface area contributed by atoms with Crippen LogP contribution in [0.2, 0.25) is 0 Å². The Kier molecular flexibility index (Phi) is 3.23. The van der Waals surface area contributed by atoms with Crippen LogP contribution in [0.4, 0.5) is 0 Å². The SMILES string of the molecule is CC(C)(C)c1ccc(C2CN=C(N)N2CC2CC2)cc1. The number of nitrogens with zero attached hydrogens (tertiary/aromatic N) is 2. The molecule has 0 bridgehead atoms. The molecule has 1 heterocycles. The first-order valence-corrected chi connectivity index (χ1v) is 7.62. The Morgan fingerprint density at radius 3 is 2.40 bits per heavy atom. The van der Waals surface area contributed by atoms with Crippen molar-refractivity contribution in [1.29, 1.82) is 0 Å². The van der Waals surface area contributed by atoms with E-state index in [1.165, 1.54) is 24.0 Å². The molecule has 1 aromatic carbocycles. The lowest BCUT2D eigenvalue weighted by molar-refractivity contribution is 0.333. The Morgan fingerprint density at radius 1 is 1.20 bits per heavy atom. The molecule has 0 saturated heterocycles. The van der Waals surface area contributed by atoms with Gasteiger partial charge in [-0.2, -0.15) is 0 Å². The van der Waals surface area contributed by atoms with Crippen LogP contribution in [0.25, 0.3) is 0 Å². The Balaban J connectivity index is 1.78. The largest absolute Gasteiger partial charge is 0.370 e. The van der Waals surface area contributed by atoms with Crippen LogP contribution < -0.4 is 5.73 Å². The van der Waals surface area contributed by atoms with Crippen LogP contribution in [-0.2, 0) is 5.41 Å². The third-order valence-electron chi connectivity index (χ3n) is 4.41. The standard InChI is InChI=1S/C17H25N3/c1-17(2,3)14-8-6-13(7-9-14)15-10-19-16(18)20(15)11-12-4-5-12/h6-9,12,15H,4-5,10-11H2,1-3H3,(H2,18,19). The van der Waals surface area contributed by atoms with Crippen molar-refractivity contribution in [3.63, 3.8) is 0 Å². The average molecular weight is 271 g/mol. The Bertz CT molecular complexity index is 506. The molecule has 1 aliphatic carbocycles. The number of hydrogen-bond acceptors (Lipinski definition) is 3. The highest BCUT2D eigenvalue weighted by atomic mass is 15.3. The van der Waals surface area contributed by atoms with Gasteiger partial charge in [0.25, 0.3) is 0 Å². The predicted molar refractivity (Wildman–Crippen MR) is 83.8 cm³/mol. The molecule has 0 aromatic heterocycles. The summed E-state index contributed by atoms with van der Waals surface area (Å²) in [4.78, 5) is 6.74. The van der Waals surface area contributed by atoms with Crippen LogP contribution in [0.15, 0.2) is 29.3 Å². The second-order valence-corrected chi connectivity index (χ2v) is 7.18. The Hall–Kier alpha value is -1.51. The first kappa shape index (κ1) is 13.5. The molecule has 0 radical (unpaired) electrons. The lowest BCUT2D eigenvalue weighted by atomic mass is 9.86. The van der Waals surface area contributed by atoms with Crippen LogP contribution in [0.5, 0.6) is 0 Å². The van der Waals surface area contributed by atoms with Crippen LogP contribution in [0.1, 0.15) is 50.8 Å². The summed E-state index contributed by atoms with van der Waals surface area (Å²) in [6.45, 7) is 8.61. The van der Waals surface area contributed by atoms with Gasteiger partial charge in [0.2, 0.25) is 0 Å². The number of guanidine groups is 1. The molecule has 3 rings (SSSR count). The quantitative estimate of drug-likeness (QED) is 0.918. The summed E-state index contributed by atoms with van der Waals surface area (Å²) >= 11 is 0. The third kappa shape index (κ3) is 2.67. The molecule has 1 aliphatic heterocycles. The lowest BCUT2D eigenvalue weighted by Crippen LogP contribution is -2.37. The van der Waals surface area contributed by atoms with Crippen molar-refractivity contribution in [2.75, 3.05) is 13.1 Å². The second kappa shape index (κ2) is 4.80. The monoisotopic (exact) mass is 271 g/mol. The predicted octanol–water partition coefficient (Wildman–Crippen LogP) is 3.07. The fourth-order valence-electron chi connectivity index (χ4n) is 2.82. The van der Waals surface area contributed by atoms with Crippen molar-refractivity contribution in [3.05, 3.63) is 35.4 Å². The van der Waals surface area contributed by atoms with Crippen LogP contribution in [0, 0.1) is 5.92 Å². The summed E-state index contributed by atoms with van der Waals surface area (Å²) in [5.74, 6) is 1.56. The molecule has 1 aromatic rings. The zero-order valence-electron chi connectivity index (χ0n) is 12.8. The van der Waals surface area contributed by atoms with Crippen molar-refractivity contribution in [1.82, 2.24) is 4.90 Å². The van der Waals surface area contributed by atoms with Gasteiger partial charge in [0.1, 0.15) is 0 Å². The first-order chi connectivity index (χ1) is 9.45. The molecule has 1 unspecified atom stereocenters. The molecule has 1 saturated carbocycles. The van der Waals surface area contributed by atoms with E-state index in [0.717, 1.165) is 25.0 Å². The maximum atomic E-state index is 6.06. The van der Waals surface area contributed by atoms with Gasteiger partial charge in [-0.3, -0.25) is 4.99 Å². The van der Waals surface area contributed by atoms with E-state index in [1.807, 2.05) is 0 Å². The number of hydrogen-bond donors (Lipinski definition) is 1. The van der Waals surface area contributed by atoms with Gasteiger partial charge in [-0.05, 0) is 35.3 Å². The van der Waals surface area contributed by atoms with E-state index in [2.05, 4.69) is 54.9 Å². The van der Waals surface area contributed by atoms with Crippen molar-refractivity contribution in [2.45, 2.75) is 45.1 Å². The van der Waals surface area contributed by atoms with Gasteiger partial charge in [0, 0.05) is 6.54 Å². The molecule has 20 heavy (non-hydrogen) atoms. The normalized spacial score (nSPS) is 23.1. The molecular weight excluding hydrogens is 246 g/mol. The van der Waals surface area contributed by atoms with Gasteiger partial charge in [-0.1, -0.05) is 45.0 Å². The van der Waals surface area contributed by atoms with E-state index in [4.69, 9.17) is 5.73 Å². The van der Waals surface area contributed by atoms with E-state index in [0.29, 0.717) is 6.04 Å². The second-order valence-electron chi connectivity index (χ2n) is 7.18. The number of aliphatic imine (C=N–C) groups is 1.